The number of amides is 1. The van der Waals surface area contributed by atoms with Crippen molar-refractivity contribution >= 4 is 23.3 Å². The zero-order valence-corrected chi connectivity index (χ0v) is 15.0. The number of carboxylic acids is 1. The molecule has 0 aliphatic heterocycles. The van der Waals surface area contributed by atoms with Crippen LogP contribution >= 0.6 is 0 Å². The van der Waals surface area contributed by atoms with Gasteiger partial charge in [-0.25, -0.2) is 0 Å². The highest BCUT2D eigenvalue weighted by molar-refractivity contribution is 6.07. The molecule has 1 amide bonds. The number of Topliss-reactive ketones (excluding diaryl/α,β-unsaturated/α-hetero) is 1. The molecule has 0 atom stereocenters. The third-order valence-electron chi connectivity index (χ3n) is 4.42. The molecule has 0 saturated heterocycles. The van der Waals surface area contributed by atoms with Crippen molar-refractivity contribution in [1.82, 2.24) is 4.98 Å². The molecule has 0 aliphatic rings. The van der Waals surface area contributed by atoms with Crippen LogP contribution in [0.4, 0.5) is 5.69 Å². The van der Waals surface area contributed by atoms with Crippen LogP contribution in [0.2, 0.25) is 0 Å². The van der Waals surface area contributed by atoms with Crippen molar-refractivity contribution in [3.63, 3.8) is 0 Å². The largest absolute Gasteiger partial charge is 0.481 e. The van der Waals surface area contributed by atoms with Gasteiger partial charge in [-0.05, 0) is 57.9 Å². The van der Waals surface area contributed by atoms with Crippen molar-refractivity contribution < 1.29 is 19.5 Å². The maximum absolute atomic E-state index is 12.5. The van der Waals surface area contributed by atoms with E-state index in [1.54, 1.807) is 52.0 Å². The van der Waals surface area contributed by atoms with Gasteiger partial charge in [0.2, 0.25) is 0 Å². The minimum atomic E-state index is -1.01. The van der Waals surface area contributed by atoms with Gasteiger partial charge in [-0.3, -0.25) is 14.4 Å². The van der Waals surface area contributed by atoms with Crippen molar-refractivity contribution in [3.05, 3.63) is 52.3 Å². The smallest absolute Gasteiger partial charge is 0.313 e. The van der Waals surface area contributed by atoms with Crippen molar-refractivity contribution in [2.75, 3.05) is 5.32 Å². The van der Waals surface area contributed by atoms with E-state index in [0.717, 1.165) is 0 Å². The van der Waals surface area contributed by atoms with Crippen LogP contribution in [0, 0.1) is 13.8 Å². The SMILES string of the molecule is CC(=O)c1c(C)[nH]c(C(=O)Nc2ccc(C(C)(C)C(=O)O)cc2)c1C. The molecule has 132 valence electrons. The van der Waals surface area contributed by atoms with E-state index in [9.17, 15) is 19.5 Å². The van der Waals surface area contributed by atoms with E-state index in [4.69, 9.17) is 0 Å². The van der Waals surface area contributed by atoms with Crippen molar-refractivity contribution in [2.24, 2.45) is 0 Å². The minimum Gasteiger partial charge on any atom is -0.481 e. The summed E-state index contributed by atoms with van der Waals surface area (Å²) in [6.07, 6.45) is 0. The van der Waals surface area contributed by atoms with E-state index in [0.29, 0.717) is 33.8 Å². The maximum atomic E-state index is 12.5. The summed E-state index contributed by atoms with van der Waals surface area (Å²) in [6, 6.07) is 6.68. The highest BCUT2D eigenvalue weighted by Crippen LogP contribution is 2.25. The van der Waals surface area contributed by atoms with Crippen molar-refractivity contribution in [1.29, 1.82) is 0 Å². The summed E-state index contributed by atoms with van der Waals surface area (Å²) in [6.45, 7) is 8.19. The molecule has 1 aromatic heterocycles. The van der Waals surface area contributed by atoms with Gasteiger partial charge in [0.1, 0.15) is 5.69 Å². The molecule has 25 heavy (non-hydrogen) atoms. The predicted octanol–water partition coefficient (Wildman–Crippen LogP) is 3.45. The summed E-state index contributed by atoms with van der Waals surface area (Å²) in [4.78, 5) is 38.4. The standard InChI is InChI=1S/C19H22N2O4/c1-10-15(12(3)22)11(2)20-16(10)17(23)21-14-8-6-13(7-9-14)19(4,5)18(24)25/h6-9,20H,1-5H3,(H,21,23)(H,24,25). The summed E-state index contributed by atoms with van der Waals surface area (Å²) < 4.78 is 0. The van der Waals surface area contributed by atoms with E-state index >= 15 is 0 Å². The number of ketones is 1. The number of hydrogen-bond donors (Lipinski definition) is 3. The number of benzene rings is 1. The Morgan fingerprint density at radius 3 is 2.08 bits per heavy atom. The van der Waals surface area contributed by atoms with Gasteiger partial charge >= 0.3 is 5.97 Å². The fourth-order valence-corrected chi connectivity index (χ4v) is 2.79. The quantitative estimate of drug-likeness (QED) is 0.725. The molecule has 0 saturated carbocycles. The summed E-state index contributed by atoms with van der Waals surface area (Å²) in [5.74, 6) is -1.36. The second-order valence-electron chi connectivity index (χ2n) is 6.64. The van der Waals surface area contributed by atoms with E-state index in [-0.39, 0.29) is 11.7 Å². The van der Waals surface area contributed by atoms with Gasteiger partial charge in [0.15, 0.2) is 5.78 Å². The first-order valence-corrected chi connectivity index (χ1v) is 7.91. The van der Waals surface area contributed by atoms with Crippen molar-refractivity contribution in [2.45, 2.75) is 40.0 Å². The highest BCUT2D eigenvalue weighted by atomic mass is 16.4. The molecule has 0 spiro atoms. The van der Waals surface area contributed by atoms with Crippen LogP contribution in [0.25, 0.3) is 0 Å². The zero-order valence-electron chi connectivity index (χ0n) is 15.0. The number of hydrogen-bond acceptors (Lipinski definition) is 3. The monoisotopic (exact) mass is 342 g/mol. The second-order valence-corrected chi connectivity index (χ2v) is 6.64. The molecule has 0 unspecified atom stereocenters. The third-order valence-corrected chi connectivity index (χ3v) is 4.42. The maximum Gasteiger partial charge on any atom is 0.313 e. The average Bonchev–Trinajstić information content (AvgIpc) is 2.82. The number of carbonyl (C=O) groups excluding carboxylic acids is 2. The third kappa shape index (κ3) is 3.47. The van der Waals surface area contributed by atoms with E-state index < -0.39 is 11.4 Å². The van der Waals surface area contributed by atoms with Gasteiger partial charge in [0, 0.05) is 16.9 Å². The number of rotatable bonds is 5. The first-order valence-electron chi connectivity index (χ1n) is 7.91. The molecule has 0 aliphatic carbocycles. The average molecular weight is 342 g/mol. The normalized spacial score (nSPS) is 11.2. The Hall–Kier alpha value is -2.89. The number of H-pyrrole nitrogens is 1. The molecule has 3 N–H and O–H groups in total. The number of anilines is 1. The van der Waals surface area contributed by atoms with E-state index in [2.05, 4.69) is 10.3 Å². The number of carboxylic acid groups (broad SMARTS) is 1. The molecular weight excluding hydrogens is 320 g/mol. The molecule has 1 aromatic carbocycles. The molecular formula is C19H22N2O4. The predicted molar refractivity (Wildman–Crippen MR) is 95.3 cm³/mol. The number of nitrogens with one attached hydrogen (secondary N) is 2. The summed E-state index contributed by atoms with van der Waals surface area (Å²) in [5.41, 5.74) is 2.34. The Morgan fingerprint density at radius 2 is 1.64 bits per heavy atom. The lowest BCUT2D eigenvalue weighted by Crippen LogP contribution is -2.28. The first kappa shape index (κ1) is 18.4. The molecule has 0 radical (unpaired) electrons. The second kappa shape index (κ2) is 6.55. The molecule has 2 rings (SSSR count). The van der Waals surface area contributed by atoms with E-state index in [1.165, 1.54) is 6.92 Å². The van der Waals surface area contributed by atoms with Gasteiger partial charge in [-0.1, -0.05) is 12.1 Å². The lowest BCUT2D eigenvalue weighted by molar-refractivity contribution is -0.142. The molecule has 2 aromatic rings. The molecule has 6 heteroatoms. The number of carbonyl (C=O) groups is 3. The molecule has 0 bridgehead atoms. The fourth-order valence-electron chi connectivity index (χ4n) is 2.79. The van der Waals surface area contributed by atoms with Gasteiger partial charge in [-0.15, -0.1) is 0 Å². The lowest BCUT2D eigenvalue weighted by Gasteiger charge is -2.19. The lowest BCUT2D eigenvalue weighted by atomic mass is 9.85. The topological polar surface area (TPSA) is 99.3 Å². The van der Waals surface area contributed by atoms with Gasteiger partial charge < -0.3 is 15.4 Å². The Bertz CT molecular complexity index is 845. The molecule has 1 heterocycles. The van der Waals surface area contributed by atoms with Crippen LogP contribution in [0.15, 0.2) is 24.3 Å². The van der Waals surface area contributed by atoms with Gasteiger partial charge in [-0.2, -0.15) is 0 Å². The van der Waals surface area contributed by atoms with Crippen LogP contribution in [0.1, 0.15) is 58.4 Å². The number of aromatic nitrogens is 1. The van der Waals surface area contributed by atoms with Crippen molar-refractivity contribution in [3.8, 4) is 0 Å². The van der Waals surface area contributed by atoms with Crippen LogP contribution in [0.5, 0.6) is 0 Å². The van der Waals surface area contributed by atoms with Gasteiger partial charge in [0.05, 0.1) is 5.41 Å². The number of aryl methyl sites for hydroxylation is 1. The number of aromatic amines is 1. The Balaban J connectivity index is 2.24. The first-order chi connectivity index (χ1) is 11.6. The van der Waals surface area contributed by atoms with Crippen LogP contribution in [0.3, 0.4) is 0 Å². The minimum absolute atomic E-state index is 0.0921. The fraction of sp³-hybridized carbons (Fsp3) is 0.316. The summed E-state index contributed by atoms with van der Waals surface area (Å²) >= 11 is 0. The van der Waals surface area contributed by atoms with Gasteiger partial charge in [0.25, 0.3) is 5.91 Å². The Morgan fingerprint density at radius 1 is 1.08 bits per heavy atom. The zero-order chi connectivity index (χ0) is 18.9. The molecule has 0 fully saturated rings. The van der Waals surface area contributed by atoms with Crippen LogP contribution in [-0.4, -0.2) is 27.8 Å². The van der Waals surface area contributed by atoms with Crippen LogP contribution in [-0.2, 0) is 10.2 Å². The molecule has 6 nitrogen and oxygen atoms in total. The van der Waals surface area contributed by atoms with Crippen LogP contribution < -0.4 is 5.32 Å². The number of aliphatic carboxylic acids is 1. The Kier molecular flexibility index (Phi) is 4.83. The Labute approximate surface area is 146 Å². The summed E-state index contributed by atoms with van der Waals surface area (Å²) in [7, 11) is 0. The van der Waals surface area contributed by atoms with E-state index in [1.807, 2.05) is 0 Å². The highest BCUT2D eigenvalue weighted by Gasteiger charge is 2.29. The summed E-state index contributed by atoms with van der Waals surface area (Å²) in [5, 5.41) is 12.0.